The van der Waals surface area contributed by atoms with Crippen molar-refractivity contribution in [2.75, 3.05) is 20.1 Å². The van der Waals surface area contributed by atoms with Crippen molar-refractivity contribution < 1.29 is 35.9 Å². The summed E-state index contributed by atoms with van der Waals surface area (Å²) >= 11 is 0. The first-order valence-electron chi connectivity index (χ1n) is 12.5. The van der Waals surface area contributed by atoms with E-state index in [9.17, 15) is 31.2 Å². The fraction of sp³-hybridized carbons (Fsp3) is 0.680. The van der Waals surface area contributed by atoms with Crippen LogP contribution in [0.25, 0.3) is 0 Å². The molecule has 0 aromatic heterocycles. The van der Waals surface area contributed by atoms with E-state index in [1.807, 2.05) is 6.92 Å². The maximum atomic E-state index is 13.2. The lowest BCUT2D eigenvalue weighted by Crippen LogP contribution is -2.52. The minimum absolute atomic E-state index is 0.0303. The van der Waals surface area contributed by atoms with Crippen molar-refractivity contribution >= 4 is 22.0 Å². The topological polar surface area (TPSA) is 96.0 Å². The van der Waals surface area contributed by atoms with Crippen LogP contribution in [0.15, 0.2) is 29.2 Å². The normalized spacial score (nSPS) is 23.4. The summed E-state index contributed by atoms with van der Waals surface area (Å²) in [6.07, 6.45) is -2.64. The number of nitrogens with zero attached hydrogens (tertiary/aromatic N) is 2. The van der Waals surface area contributed by atoms with Crippen molar-refractivity contribution in [3.05, 3.63) is 29.8 Å². The number of benzene rings is 1. The molecule has 1 aliphatic carbocycles. The minimum Gasteiger partial charge on any atom is -0.444 e. The molecular weight excluding hydrogens is 511 g/mol. The molecule has 1 unspecified atom stereocenters. The molecule has 37 heavy (non-hydrogen) atoms. The standard InChI is InChI=1S/C25H36F3N3O5S/c1-6-7-21(30(5)23(33)36-24(2,3)4)22(32)29-20-13-8-16-14-31(15-19(16)20)37(34,35)18-11-9-17(10-12-18)25(26,27)28/h9-12,16,19-21H,6-8,13-15H2,1-5H3,(H,29,32)/t16-,19+,20-,21?/m0/s1. The molecule has 0 bridgehead atoms. The number of halogens is 3. The van der Waals surface area contributed by atoms with Crippen LogP contribution in [0.2, 0.25) is 0 Å². The summed E-state index contributed by atoms with van der Waals surface area (Å²) in [5, 5.41) is 3.03. The maximum absolute atomic E-state index is 13.2. The first kappa shape index (κ1) is 29.2. The van der Waals surface area contributed by atoms with E-state index < -0.39 is 39.5 Å². The van der Waals surface area contributed by atoms with Gasteiger partial charge in [0.15, 0.2) is 0 Å². The molecule has 1 aliphatic heterocycles. The molecule has 1 N–H and O–H groups in total. The van der Waals surface area contributed by atoms with Crippen LogP contribution >= 0.6 is 0 Å². The highest BCUT2D eigenvalue weighted by atomic mass is 32.2. The first-order chi connectivity index (χ1) is 17.0. The van der Waals surface area contributed by atoms with Gasteiger partial charge in [0, 0.05) is 26.2 Å². The Hall–Kier alpha value is -2.34. The summed E-state index contributed by atoms with van der Waals surface area (Å²) in [5.41, 5.74) is -1.62. The van der Waals surface area contributed by atoms with Crippen molar-refractivity contribution in [2.24, 2.45) is 11.8 Å². The van der Waals surface area contributed by atoms with E-state index in [0.717, 1.165) is 30.7 Å². The zero-order chi connectivity index (χ0) is 27.8. The molecule has 0 spiro atoms. The number of sulfonamides is 1. The van der Waals surface area contributed by atoms with Crippen LogP contribution in [-0.2, 0) is 25.7 Å². The zero-order valence-electron chi connectivity index (χ0n) is 21.8. The van der Waals surface area contributed by atoms with E-state index >= 15 is 0 Å². The second-order valence-corrected chi connectivity index (χ2v) is 12.8. The van der Waals surface area contributed by atoms with E-state index in [1.165, 1.54) is 16.3 Å². The average molecular weight is 548 g/mol. The Labute approximate surface area is 216 Å². The third-order valence-corrected chi connectivity index (χ3v) is 8.83. The van der Waals surface area contributed by atoms with Crippen LogP contribution in [0.3, 0.4) is 0 Å². The number of fused-ring (bicyclic) bond motifs is 1. The molecular formula is C25H36F3N3O5S. The van der Waals surface area contributed by atoms with E-state index in [0.29, 0.717) is 19.3 Å². The molecule has 2 aliphatic rings. The molecule has 3 rings (SSSR count). The molecule has 1 saturated carbocycles. The summed E-state index contributed by atoms with van der Waals surface area (Å²) in [5.74, 6) is -0.407. The Morgan fingerprint density at radius 2 is 1.76 bits per heavy atom. The summed E-state index contributed by atoms with van der Waals surface area (Å²) in [6.45, 7) is 7.57. The predicted molar refractivity (Wildman–Crippen MR) is 131 cm³/mol. The molecule has 1 aromatic rings. The lowest BCUT2D eigenvalue weighted by Gasteiger charge is -2.31. The van der Waals surface area contributed by atoms with Crippen LogP contribution in [-0.4, -0.2) is 67.4 Å². The van der Waals surface area contributed by atoms with Gasteiger partial charge in [-0.3, -0.25) is 9.69 Å². The van der Waals surface area contributed by atoms with Gasteiger partial charge in [0.05, 0.1) is 10.5 Å². The van der Waals surface area contributed by atoms with Gasteiger partial charge in [-0.15, -0.1) is 0 Å². The largest absolute Gasteiger partial charge is 0.444 e. The molecule has 1 aromatic carbocycles. The van der Waals surface area contributed by atoms with Crippen LogP contribution < -0.4 is 5.32 Å². The number of carbonyl (C=O) groups excluding carboxylic acids is 2. The van der Waals surface area contributed by atoms with Crippen molar-refractivity contribution in [2.45, 2.75) is 82.1 Å². The molecule has 2 amide bonds. The molecule has 208 valence electrons. The number of likely N-dealkylation sites (N-methyl/N-ethyl adjacent to an activating group) is 1. The van der Waals surface area contributed by atoms with Gasteiger partial charge >= 0.3 is 12.3 Å². The third kappa shape index (κ3) is 6.76. The second-order valence-electron chi connectivity index (χ2n) is 10.9. The van der Waals surface area contributed by atoms with Crippen LogP contribution in [0, 0.1) is 11.8 Å². The molecule has 12 heteroatoms. The number of amides is 2. The fourth-order valence-electron chi connectivity index (χ4n) is 5.08. The Kier molecular flexibility index (Phi) is 8.53. The van der Waals surface area contributed by atoms with Gasteiger partial charge in [0.2, 0.25) is 15.9 Å². The van der Waals surface area contributed by atoms with Gasteiger partial charge in [0.1, 0.15) is 11.6 Å². The van der Waals surface area contributed by atoms with Gasteiger partial charge in [-0.05, 0) is 76.1 Å². The fourth-order valence-corrected chi connectivity index (χ4v) is 6.61. The Morgan fingerprint density at radius 1 is 1.14 bits per heavy atom. The Bertz CT molecular complexity index is 1090. The quantitative estimate of drug-likeness (QED) is 0.551. The molecule has 8 nitrogen and oxygen atoms in total. The van der Waals surface area contributed by atoms with Gasteiger partial charge in [0.25, 0.3) is 0 Å². The van der Waals surface area contributed by atoms with E-state index in [4.69, 9.17) is 4.74 Å². The highest BCUT2D eigenvalue weighted by Crippen LogP contribution is 2.40. The number of hydrogen-bond acceptors (Lipinski definition) is 5. The van der Waals surface area contributed by atoms with Crippen molar-refractivity contribution in [3.63, 3.8) is 0 Å². The van der Waals surface area contributed by atoms with E-state index in [1.54, 1.807) is 20.8 Å². The summed E-state index contributed by atoms with van der Waals surface area (Å²) < 4.78 is 71.6. The average Bonchev–Trinajstić information content (AvgIpc) is 3.38. The summed E-state index contributed by atoms with van der Waals surface area (Å²) in [4.78, 5) is 26.9. The SMILES string of the molecule is CCCC(C(=O)N[C@H]1CC[C@H]2CN(S(=O)(=O)c3ccc(C(F)(F)F)cc3)C[C@H]21)N(C)C(=O)OC(C)(C)C. The number of hydrogen-bond donors (Lipinski definition) is 1. The van der Waals surface area contributed by atoms with Crippen LogP contribution in [0.5, 0.6) is 0 Å². The Morgan fingerprint density at radius 3 is 2.30 bits per heavy atom. The lowest BCUT2D eigenvalue weighted by atomic mass is 9.97. The second kappa shape index (κ2) is 10.8. The van der Waals surface area contributed by atoms with Gasteiger partial charge < -0.3 is 10.1 Å². The monoisotopic (exact) mass is 547 g/mol. The van der Waals surface area contributed by atoms with Crippen LogP contribution in [0.1, 0.15) is 58.9 Å². The van der Waals surface area contributed by atoms with Crippen molar-refractivity contribution in [1.82, 2.24) is 14.5 Å². The first-order valence-corrected chi connectivity index (χ1v) is 13.9. The highest BCUT2D eigenvalue weighted by Gasteiger charge is 2.47. The number of rotatable bonds is 7. The number of alkyl halides is 3. The molecule has 4 atom stereocenters. The molecule has 1 heterocycles. The van der Waals surface area contributed by atoms with Gasteiger partial charge in [-0.1, -0.05) is 13.3 Å². The van der Waals surface area contributed by atoms with Crippen LogP contribution in [0.4, 0.5) is 18.0 Å². The lowest BCUT2D eigenvalue weighted by molar-refractivity contribution is -0.137. The van der Waals surface area contributed by atoms with Crippen molar-refractivity contribution in [1.29, 1.82) is 0 Å². The minimum atomic E-state index is -4.55. The van der Waals surface area contributed by atoms with E-state index in [-0.39, 0.29) is 41.8 Å². The summed E-state index contributed by atoms with van der Waals surface area (Å²) in [7, 11) is -2.45. The molecule has 1 saturated heterocycles. The molecule has 2 fully saturated rings. The maximum Gasteiger partial charge on any atom is 0.416 e. The van der Waals surface area contributed by atoms with Crippen molar-refractivity contribution in [3.8, 4) is 0 Å². The highest BCUT2D eigenvalue weighted by molar-refractivity contribution is 7.89. The smallest absolute Gasteiger partial charge is 0.416 e. The van der Waals surface area contributed by atoms with E-state index in [2.05, 4.69) is 5.32 Å². The third-order valence-electron chi connectivity index (χ3n) is 6.98. The van der Waals surface area contributed by atoms with Gasteiger partial charge in [-0.2, -0.15) is 17.5 Å². The molecule has 0 radical (unpaired) electrons. The Balaban J connectivity index is 1.68. The number of carbonyl (C=O) groups is 2. The number of nitrogens with one attached hydrogen (secondary N) is 1. The summed E-state index contributed by atoms with van der Waals surface area (Å²) in [6, 6.07) is 2.49. The zero-order valence-corrected chi connectivity index (χ0v) is 22.7. The van der Waals surface area contributed by atoms with Gasteiger partial charge in [-0.25, -0.2) is 13.2 Å². The predicted octanol–water partition coefficient (Wildman–Crippen LogP) is 4.26. The number of ether oxygens (including phenoxy) is 1.